The molecule has 1 aliphatic heterocycles. The summed E-state index contributed by atoms with van der Waals surface area (Å²) in [6.07, 6.45) is 3.96. The summed E-state index contributed by atoms with van der Waals surface area (Å²) in [7, 11) is 0. The molecule has 0 aromatic rings. The highest BCUT2D eigenvalue weighted by molar-refractivity contribution is 5.88. The second-order valence-corrected chi connectivity index (χ2v) is 3.76. The molecule has 4 heteroatoms. The van der Waals surface area contributed by atoms with E-state index in [0.29, 0.717) is 32.7 Å². The van der Waals surface area contributed by atoms with Gasteiger partial charge in [0.05, 0.1) is 19.8 Å². The quantitative estimate of drug-likeness (QED) is 0.649. The van der Waals surface area contributed by atoms with Gasteiger partial charge < -0.3 is 14.2 Å². The topological polar surface area (TPSA) is 44.8 Å². The first kappa shape index (κ1) is 10.6. The Labute approximate surface area is 89.2 Å². The Kier molecular flexibility index (Phi) is 3.07. The van der Waals surface area contributed by atoms with Crippen LogP contribution < -0.4 is 0 Å². The highest BCUT2D eigenvalue weighted by Crippen LogP contribution is 2.35. The van der Waals surface area contributed by atoms with Crippen molar-refractivity contribution in [2.75, 3.05) is 19.8 Å². The second kappa shape index (κ2) is 4.33. The Bertz CT molecular complexity index is 276. The number of esters is 1. The van der Waals surface area contributed by atoms with Gasteiger partial charge >= 0.3 is 5.97 Å². The summed E-state index contributed by atoms with van der Waals surface area (Å²) in [5, 5.41) is 0. The molecule has 1 fully saturated rings. The lowest BCUT2D eigenvalue weighted by Crippen LogP contribution is -2.32. The van der Waals surface area contributed by atoms with Gasteiger partial charge in [0.2, 0.25) is 0 Å². The average Bonchev–Trinajstić information content (AvgIpc) is 2.68. The maximum absolute atomic E-state index is 11.4. The molecule has 0 saturated carbocycles. The van der Waals surface area contributed by atoms with Crippen LogP contribution in [0.5, 0.6) is 0 Å². The fourth-order valence-electron chi connectivity index (χ4n) is 1.98. The SMILES string of the molecule is CCOC(=O)C1=CCC2(CC1)OCCO2. The highest BCUT2D eigenvalue weighted by atomic mass is 16.7. The van der Waals surface area contributed by atoms with E-state index in [4.69, 9.17) is 14.2 Å². The third-order valence-corrected chi connectivity index (χ3v) is 2.79. The number of rotatable bonds is 2. The highest BCUT2D eigenvalue weighted by Gasteiger charge is 2.38. The van der Waals surface area contributed by atoms with Gasteiger partial charge in [0.1, 0.15) is 0 Å². The smallest absolute Gasteiger partial charge is 0.333 e. The van der Waals surface area contributed by atoms with Crippen LogP contribution in [0.2, 0.25) is 0 Å². The first-order valence-electron chi connectivity index (χ1n) is 5.40. The Morgan fingerprint density at radius 2 is 2.27 bits per heavy atom. The summed E-state index contributed by atoms with van der Waals surface area (Å²) in [5.74, 6) is -0.652. The van der Waals surface area contributed by atoms with Gasteiger partial charge in [0.15, 0.2) is 5.79 Å². The number of ether oxygens (including phenoxy) is 3. The summed E-state index contributed by atoms with van der Waals surface area (Å²) in [6.45, 7) is 3.55. The van der Waals surface area contributed by atoms with Crippen LogP contribution in [0.3, 0.4) is 0 Å². The van der Waals surface area contributed by atoms with E-state index in [1.54, 1.807) is 0 Å². The molecular weight excluding hydrogens is 196 g/mol. The molecule has 0 radical (unpaired) electrons. The predicted octanol–water partition coefficient (Wildman–Crippen LogP) is 1.40. The van der Waals surface area contributed by atoms with E-state index in [1.165, 1.54) is 0 Å². The van der Waals surface area contributed by atoms with Gasteiger partial charge in [0, 0.05) is 18.4 Å². The van der Waals surface area contributed by atoms with Gasteiger partial charge in [-0.15, -0.1) is 0 Å². The lowest BCUT2D eigenvalue weighted by atomic mass is 9.94. The van der Waals surface area contributed by atoms with Gasteiger partial charge in [-0.1, -0.05) is 6.08 Å². The summed E-state index contributed by atoms with van der Waals surface area (Å²) >= 11 is 0. The van der Waals surface area contributed by atoms with Crippen LogP contribution in [0.4, 0.5) is 0 Å². The van der Waals surface area contributed by atoms with Crippen molar-refractivity contribution in [3.63, 3.8) is 0 Å². The first-order chi connectivity index (χ1) is 7.26. The first-order valence-corrected chi connectivity index (χ1v) is 5.40. The van der Waals surface area contributed by atoms with E-state index in [-0.39, 0.29) is 5.97 Å². The largest absolute Gasteiger partial charge is 0.463 e. The van der Waals surface area contributed by atoms with E-state index < -0.39 is 5.79 Å². The zero-order valence-corrected chi connectivity index (χ0v) is 8.95. The number of hydrogen-bond donors (Lipinski definition) is 0. The molecule has 0 aromatic heterocycles. The fourth-order valence-corrected chi connectivity index (χ4v) is 1.98. The zero-order valence-electron chi connectivity index (χ0n) is 8.95. The van der Waals surface area contributed by atoms with Crippen molar-refractivity contribution < 1.29 is 19.0 Å². The fraction of sp³-hybridized carbons (Fsp3) is 0.727. The van der Waals surface area contributed by atoms with E-state index in [2.05, 4.69) is 0 Å². The molecule has 0 amide bonds. The molecule has 1 saturated heterocycles. The van der Waals surface area contributed by atoms with Crippen LogP contribution in [0.25, 0.3) is 0 Å². The van der Waals surface area contributed by atoms with Crippen LogP contribution in [0.15, 0.2) is 11.6 Å². The third-order valence-electron chi connectivity index (χ3n) is 2.79. The molecule has 0 atom stereocenters. The van der Waals surface area contributed by atoms with Crippen LogP contribution >= 0.6 is 0 Å². The Balaban J connectivity index is 1.96. The Morgan fingerprint density at radius 3 is 2.80 bits per heavy atom. The number of carbonyl (C=O) groups is 1. The monoisotopic (exact) mass is 212 g/mol. The summed E-state index contributed by atoms with van der Waals surface area (Å²) in [6, 6.07) is 0. The van der Waals surface area contributed by atoms with E-state index in [0.717, 1.165) is 12.0 Å². The molecule has 1 spiro atoms. The number of carbonyl (C=O) groups excluding carboxylic acids is 1. The van der Waals surface area contributed by atoms with Gasteiger partial charge in [-0.3, -0.25) is 0 Å². The van der Waals surface area contributed by atoms with Crippen LogP contribution in [-0.4, -0.2) is 31.6 Å². The van der Waals surface area contributed by atoms with Crippen LogP contribution in [0.1, 0.15) is 26.2 Å². The molecule has 1 aliphatic carbocycles. The van der Waals surface area contributed by atoms with Gasteiger partial charge in [-0.2, -0.15) is 0 Å². The van der Waals surface area contributed by atoms with E-state index in [9.17, 15) is 4.79 Å². The summed E-state index contributed by atoms with van der Waals surface area (Å²) < 4.78 is 16.0. The van der Waals surface area contributed by atoms with Crippen LogP contribution in [0, 0.1) is 0 Å². The molecule has 15 heavy (non-hydrogen) atoms. The molecule has 0 N–H and O–H groups in total. The number of hydrogen-bond acceptors (Lipinski definition) is 4. The maximum atomic E-state index is 11.4. The lowest BCUT2D eigenvalue weighted by Gasteiger charge is -2.29. The van der Waals surface area contributed by atoms with Crippen molar-refractivity contribution in [3.05, 3.63) is 11.6 Å². The average molecular weight is 212 g/mol. The maximum Gasteiger partial charge on any atom is 0.333 e. The van der Waals surface area contributed by atoms with Crippen LogP contribution in [-0.2, 0) is 19.0 Å². The summed E-state index contributed by atoms with van der Waals surface area (Å²) in [5.41, 5.74) is 0.751. The minimum atomic E-state index is -0.448. The second-order valence-electron chi connectivity index (χ2n) is 3.76. The predicted molar refractivity (Wildman–Crippen MR) is 53.2 cm³/mol. The molecule has 0 bridgehead atoms. The van der Waals surface area contributed by atoms with Crippen molar-refractivity contribution in [3.8, 4) is 0 Å². The molecule has 0 aromatic carbocycles. The third kappa shape index (κ3) is 2.21. The minimum absolute atomic E-state index is 0.203. The Hall–Kier alpha value is -0.870. The van der Waals surface area contributed by atoms with Crippen molar-refractivity contribution in [2.45, 2.75) is 32.0 Å². The normalized spacial score (nSPS) is 23.9. The lowest BCUT2D eigenvalue weighted by molar-refractivity contribution is -0.163. The van der Waals surface area contributed by atoms with Crippen molar-refractivity contribution in [2.24, 2.45) is 0 Å². The van der Waals surface area contributed by atoms with Crippen molar-refractivity contribution in [1.82, 2.24) is 0 Å². The molecule has 4 nitrogen and oxygen atoms in total. The Morgan fingerprint density at radius 1 is 1.53 bits per heavy atom. The standard InChI is InChI=1S/C11H16O4/c1-2-13-10(12)9-3-5-11(6-4-9)14-7-8-15-11/h3H,2,4-8H2,1H3. The van der Waals surface area contributed by atoms with Gasteiger partial charge in [-0.05, 0) is 13.3 Å². The van der Waals surface area contributed by atoms with Gasteiger partial charge in [0.25, 0.3) is 0 Å². The minimum Gasteiger partial charge on any atom is -0.463 e. The van der Waals surface area contributed by atoms with Crippen molar-refractivity contribution >= 4 is 5.97 Å². The van der Waals surface area contributed by atoms with Gasteiger partial charge in [-0.25, -0.2) is 4.79 Å². The summed E-state index contributed by atoms with van der Waals surface area (Å²) in [4.78, 5) is 11.4. The molecule has 2 rings (SSSR count). The van der Waals surface area contributed by atoms with Crippen molar-refractivity contribution in [1.29, 1.82) is 0 Å². The van der Waals surface area contributed by atoms with E-state index in [1.807, 2.05) is 13.0 Å². The molecule has 2 aliphatic rings. The zero-order chi connectivity index (χ0) is 10.7. The molecule has 0 unspecified atom stereocenters. The van der Waals surface area contributed by atoms with E-state index >= 15 is 0 Å². The molecule has 84 valence electrons. The molecular formula is C11H16O4. The molecule has 1 heterocycles.